The van der Waals surface area contributed by atoms with Crippen LogP contribution in [0.25, 0.3) is 5.65 Å². The van der Waals surface area contributed by atoms with Crippen molar-refractivity contribution >= 4 is 17.3 Å². The van der Waals surface area contributed by atoms with Crippen LogP contribution in [-0.4, -0.2) is 58.0 Å². The number of nitrogens with one attached hydrogen (secondary N) is 1. The van der Waals surface area contributed by atoms with Crippen LogP contribution < -0.4 is 5.32 Å². The fourth-order valence-corrected chi connectivity index (χ4v) is 2.98. The Morgan fingerprint density at radius 3 is 3.00 bits per heavy atom. The summed E-state index contributed by atoms with van der Waals surface area (Å²) in [5.41, 5.74) is 1.30. The summed E-state index contributed by atoms with van der Waals surface area (Å²) in [4.78, 5) is 29.5. The molecule has 3 heterocycles. The van der Waals surface area contributed by atoms with Crippen LogP contribution in [-0.2, 0) is 11.3 Å². The molecular weight excluding hydrogens is 326 g/mol. The molecule has 0 unspecified atom stereocenters. The first-order chi connectivity index (χ1) is 12.1. The second-order valence-corrected chi connectivity index (χ2v) is 5.88. The Hall–Kier alpha value is -2.52. The van der Waals surface area contributed by atoms with E-state index in [0.29, 0.717) is 17.9 Å². The van der Waals surface area contributed by atoms with Crippen LogP contribution in [0.3, 0.4) is 0 Å². The Morgan fingerprint density at radius 2 is 2.24 bits per heavy atom. The van der Waals surface area contributed by atoms with Gasteiger partial charge in [-0.05, 0) is 32.5 Å². The van der Waals surface area contributed by atoms with Gasteiger partial charge in [-0.2, -0.15) is 0 Å². The molecule has 1 fully saturated rings. The fraction of sp³-hybridized carbons (Fsp3) is 0.500. The number of pyridine rings is 1. The number of imidazole rings is 1. The quantitative estimate of drug-likeness (QED) is 0.493. The molecule has 0 saturated carbocycles. The zero-order valence-electron chi connectivity index (χ0n) is 14.1. The summed E-state index contributed by atoms with van der Waals surface area (Å²) in [5.74, 6) is -0.503. The Kier molecular flexibility index (Phi) is 5.25. The first-order valence-corrected chi connectivity index (χ1v) is 8.35. The molecule has 9 heteroatoms. The van der Waals surface area contributed by atoms with Gasteiger partial charge in [-0.25, -0.2) is 9.78 Å². The van der Waals surface area contributed by atoms with E-state index in [1.807, 2.05) is 0 Å². The first-order valence-electron chi connectivity index (χ1n) is 8.35. The highest BCUT2D eigenvalue weighted by Gasteiger charge is 2.23. The van der Waals surface area contributed by atoms with Gasteiger partial charge in [0.25, 0.3) is 5.69 Å². The lowest BCUT2D eigenvalue weighted by atomic mass is 10.2. The highest BCUT2D eigenvalue weighted by Crippen LogP contribution is 2.20. The number of aromatic nitrogens is 2. The average molecular weight is 347 g/mol. The minimum Gasteiger partial charge on any atom is -0.461 e. The normalized spacial score (nSPS) is 15.9. The molecule has 134 valence electrons. The average Bonchev–Trinajstić information content (AvgIpc) is 2.76. The summed E-state index contributed by atoms with van der Waals surface area (Å²) < 4.78 is 6.74. The number of nitrogens with zero attached hydrogens (tertiary/aromatic N) is 4. The Morgan fingerprint density at radius 1 is 1.40 bits per heavy atom. The van der Waals surface area contributed by atoms with Crippen molar-refractivity contribution < 1.29 is 14.5 Å². The van der Waals surface area contributed by atoms with E-state index in [-0.39, 0.29) is 18.0 Å². The van der Waals surface area contributed by atoms with E-state index in [4.69, 9.17) is 4.74 Å². The van der Waals surface area contributed by atoms with E-state index >= 15 is 0 Å². The number of ether oxygens (including phenoxy) is 1. The molecule has 0 spiro atoms. The number of carbonyl (C=O) groups excluding carboxylic acids is 1. The monoisotopic (exact) mass is 347 g/mol. The molecule has 0 bridgehead atoms. The lowest BCUT2D eigenvalue weighted by molar-refractivity contribution is -0.385. The van der Waals surface area contributed by atoms with E-state index in [1.165, 1.54) is 12.3 Å². The SMILES string of the molecule is CCOC(=O)c1nc2ccc([N+](=O)[O-])cn2c1CN1CCCNCC1. The molecule has 2 aromatic rings. The fourth-order valence-electron chi connectivity index (χ4n) is 2.98. The number of fused-ring (bicyclic) bond motifs is 1. The lowest BCUT2D eigenvalue weighted by Crippen LogP contribution is -2.29. The van der Waals surface area contributed by atoms with E-state index in [0.717, 1.165) is 32.6 Å². The van der Waals surface area contributed by atoms with Crippen LogP contribution in [0.15, 0.2) is 18.3 Å². The molecule has 0 atom stereocenters. The zero-order valence-corrected chi connectivity index (χ0v) is 14.1. The highest BCUT2D eigenvalue weighted by molar-refractivity contribution is 5.89. The van der Waals surface area contributed by atoms with Crippen LogP contribution in [0, 0.1) is 10.1 Å². The maximum absolute atomic E-state index is 12.3. The molecule has 1 N–H and O–H groups in total. The van der Waals surface area contributed by atoms with Crippen molar-refractivity contribution in [2.75, 3.05) is 32.8 Å². The molecule has 0 radical (unpaired) electrons. The molecular formula is C16H21N5O4. The summed E-state index contributed by atoms with van der Waals surface area (Å²) in [5, 5.41) is 14.4. The molecule has 1 saturated heterocycles. The number of hydrogen-bond acceptors (Lipinski definition) is 7. The van der Waals surface area contributed by atoms with Gasteiger partial charge in [-0.1, -0.05) is 0 Å². The molecule has 9 nitrogen and oxygen atoms in total. The van der Waals surface area contributed by atoms with Crippen molar-refractivity contribution in [1.29, 1.82) is 0 Å². The molecule has 1 aliphatic rings. The van der Waals surface area contributed by atoms with Gasteiger partial charge < -0.3 is 10.1 Å². The molecule has 25 heavy (non-hydrogen) atoms. The van der Waals surface area contributed by atoms with Gasteiger partial charge in [-0.3, -0.25) is 19.4 Å². The van der Waals surface area contributed by atoms with Crippen LogP contribution >= 0.6 is 0 Å². The summed E-state index contributed by atoms with van der Waals surface area (Å²) in [6, 6.07) is 2.94. The van der Waals surface area contributed by atoms with E-state index in [2.05, 4.69) is 15.2 Å². The minimum absolute atomic E-state index is 0.0425. The van der Waals surface area contributed by atoms with Gasteiger partial charge in [0.1, 0.15) is 5.65 Å². The van der Waals surface area contributed by atoms with Crippen LogP contribution in [0.4, 0.5) is 5.69 Å². The van der Waals surface area contributed by atoms with Crippen molar-refractivity contribution in [2.45, 2.75) is 19.9 Å². The Labute approximate surface area is 144 Å². The van der Waals surface area contributed by atoms with E-state index in [9.17, 15) is 14.9 Å². The van der Waals surface area contributed by atoms with E-state index in [1.54, 1.807) is 17.4 Å². The van der Waals surface area contributed by atoms with Gasteiger partial charge in [0.05, 0.1) is 23.4 Å². The standard InChI is InChI=1S/C16H21N5O4/c1-2-25-16(22)15-13(11-19-8-3-6-17-7-9-19)20-10-12(21(23)24)4-5-14(20)18-15/h4-5,10,17H,2-3,6-9,11H2,1H3. The summed E-state index contributed by atoms with van der Waals surface area (Å²) >= 11 is 0. The third-order valence-electron chi connectivity index (χ3n) is 4.19. The summed E-state index contributed by atoms with van der Waals surface area (Å²) in [6.45, 7) is 6.02. The predicted molar refractivity (Wildman–Crippen MR) is 90.6 cm³/mol. The third-order valence-corrected chi connectivity index (χ3v) is 4.19. The highest BCUT2D eigenvalue weighted by atomic mass is 16.6. The van der Waals surface area contributed by atoms with Gasteiger partial charge in [0, 0.05) is 25.7 Å². The molecule has 0 aromatic carbocycles. The number of esters is 1. The summed E-state index contributed by atoms with van der Waals surface area (Å²) in [7, 11) is 0. The van der Waals surface area contributed by atoms with Crippen molar-refractivity contribution in [1.82, 2.24) is 19.6 Å². The number of nitro groups is 1. The van der Waals surface area contributed by atoms with Gasteiger partial charge in [-0.15, -0.1) is 0 Å². The van der Waals surface area contributed by atoms with Gasteiger partial charge >= 0.3 is 5.97 Å². The smallest absolute Gasteiger partial charge is 0.358 e. The van der Waals surface area contributed by atoms with Gasteiger partial charge in [0.2, 0.25) is 0 Å². The number of rotatable bonds is 5. The molecule has 3 rings (SSSR count). The topological polar surface area (TPSA) is 102 Å². The Balaban J connectivity index is 2.03. The third kappa shape index (κ3) is 3.77. The lowest BCUT2D eigenvalue weighted by Gasteiger charge is -2.19. The first kappa shape index (κ1) is 17.3. The van der Waals surface area contributed by atoms with Crippen LogP contribution in [0.5, 0.6) is 0 Å². The maximum atomic E-state index is 12.3. The number of hydrogen-bond donors (Lipinski definition) is 1. The van der Waals surface area contributed by atoms with E-state index < -0.39 is 10.9 Å². The molecule has 1 aliphatic heterocycles. The second-order valence-electron chi connectivity index (χ2n) is 5.88. The van der Waals surface area contributed by atoms with Crippen molar-refractivity contribution in [2.24, 2.45) is 0 Å². The molecule has 0 aliphatic carbocycles. The minimum atomic E-state index is -0.503. The largest absolute Gasteiger partial charge is 0.461 e. The van der Waals surface area contributed by atoms with Crippen molar-refractivity contribution in [3.63, 3.8) is 0 Å². The summed E-state index contributed by atoms with van der Waals surface area (Å²) in [6.07, 6.45) is 2.42. The maximum Gasteiger partial charge on any atom is 0.358 e. The molecule has 0 amide bonds. The molecule has 2 aromatic heterocycles. The van der Waals surface area contributed by atoms with Gasteiger partial charge in [0.15, 0.2) is 5.69 Å². The van der Waals surface area contributed by atoms with Crippen molar-refractivity contribution in [3.8, 4) is 0 Å². The van der Waals surface area contributed by atoms with Crippen molar-refractivity contribution in [3.05, 3.63) is 39.8 Å². The Bertz CT molecular complexity index is 780. The van der Waals surface area contributed by atoms with Crippen LogP contribution in [0.1, 0.15) is 29.5 Å². The predicted octanol–water partition coefficient (Wildman–Crippen LogP) is 1.21. The van der Waals surface area contributed by atoms with Crippen LogP contribution in [0.2, 0.25) is 0 Å². The zero-order chi connectivity index (χ0) is 17.8. The second kappa shape index (κ2) is 7.58. The number of carbonyl (C=O) groups is 1.